The number of likely N-dealkylation sites (tertiary alicyclic amines) is 1. The Labute approximate surface area is 442 Å². The average molecular weight is 1040 g/mol. The van der Waals surface area contributed by atoms with Crippen LogP contribution < -0.4 is 20.6 Å². The Balaban J connectivity index is 0.641. The number of imidazole rings is 1. The van der Waals surface area contributed by atoms with Crippen molar-refractivity contribution in [2.45, 2.75) is 115 Å². The standard InChI is InChI=1S/C59H72F2N10O5/c1-4-43-46(60)13-9-40-28-42(72)30-44(51(40)43)53-52(61)54-45(31-62-53)55(70-21-5-6-36(2)32-70)65-57(64-54)76-35-59(19-20-59)34-68-24-26-69(27-25-68)41-11-7-37(8-12-41)33-67-22-17-38(18-23-67)39-10-14-47-49(29-39)66(3)58(75)71(47)48-15-16-50(73)63-56(48)74/h9-10,13-14,28-31,36-38,41,48,72H,4-8,11-12,15-27,32-35H2,1-3H3,(H,63,73,74)/t36-,37?,41?,48?/m0/s1. The Morgan fingerprint density at radius 1 is 0.855 bits per heavy atom. The third-order valence-electron chi connectivity index (χ3n) is 18.3. The Bertz CT molecular complexity index is 3260. The van der Waals surface area contributed by atoms with E-state index >= 15 is 8.78 Å². The molecule has 402 valence electrons. The van der Waals surface area contributed by atoms with Crippen LogP contribution in [0.15, 0.2) is 53.5 Å². The second kappa shape index (κ2) is 20.7. The molecule has 0 radical (unpaired) electrons. The summed E-state index contributed by atoms with van der Waals surface area (Å²) in [7, 11) is 1.77. The van der Waals surface area contributed by atoms with Crippen LogP contribution in [0.4, 0.5) is 14.6 Å². The van der Waals surface area contributed by atoms with Crippen LogP contribution >= 0.6 is 0 Å². The van der Waals surface area contributed by atoms with E-state index in [9.17, 15) is 19.5 Å². The molecule has 2 saturated carbocycles. The van der Waals surface area contributed by atoms with Crippen LogP contribution in [0.25, 0.3) is 44.0 Å². The van der Waals surface area contributed by atoms with Gasteiger partial charge in [-0.2, -0.15) is 9.97 Å². The first-order valence-corrected chi connectivity index (χ1v) is 28.2. The molecule has 6 aliphatic rings. The monoisotopic (exact) mass is 1040 g/mol. The van der Waals surface area contributed by atoms with Crippen LogP contribution in [0.2, 0.25) is 0 Å². The van der Waals surface area contributed by atoms with Crippen LogP contribution in [0.3, 0.4) is 0 Å². The van der Waals surface area contributed by atoms with E-state index in [1.165, 1.54) is 43.4 Å². The number of fused-ring (bicyclic) bond motifs is 3. The quantitative estimate of drug-likeness (QED) is 0.107. The minimum absolute atomic E-state index is 0.00198. The highest BCUT2D eigenvalue weighted by molar-refractivity contribution is 6.02. The summed E-state index contributed by atoms with van der Waals surface area (Å²) in [6.45, 7) is 14.6. The van der Waals surface area contributed by atoms with E-state index < -0.39 is 17.8 Å². The van der Waals surface area contributed by atoms with Crippen LogP contribution in [0, 0.1) is 28.9 Å². The Morgan fingerprint density at radius 2 is 1.64 bits per heavy atom. The molecule has 6 fully saturated rings. The van der Waals surface area contributed by atoms with Crippen LogP contribution in [0.5, 0.6) is 11.8 Å². The molecule has 2 amide bonds. The minimum Gasteiger partial charge on any atom is -0.508 e. The van der Waals surface area contributed by atoms with Crippen molar-refractivity contribution in [2.24, 2.45) is 24.3 Å². The number of ether oxygens (including phenoxy) is 1. The molecule has 4 saturated heterocycles. The van der Waals surface area contributed by atoms with Gasteiger partial charge < -0.3 is 24.5 Å². The first-order valence-electron chi connectivity index (χ1n) is 28.2. The number of nitrogens with one attached hydrogen (secondary N) is 1. The van der Waals surface area contributed by atoms with Gasteiger partial charge in [-0.15, -0.1) is 0 Å². The number of phenols is 1. The molecule has 1 unspecified atom stereocenters. The number of aromatic hydroxyl groups is 1. The smallest absolute Gasteiger partial charge is 0.329 e. The van der Waals surface area contributed by atoms with E-state index in [4.69, 9.17) is 14.7 Å². The van der Waals surface area contributed by atoms with Crippen LogP contribution in [-0.2, 0) is 23.1 Å². The number of nitrogens with zero attached hydrogens (tertiary/aromatic N) is 9. The fourth-order valence-electron chi connectivity index (χ4n) is 13.8. The van der Waals surface area contributed by atoms with Crippen molar-refractivity contribution in [1.82, 2.24) is 44.1 Å². The molecule has 12 rings (SSSR count). The number of piperidine rings is 3. The van der Waals surface area contributed by atoms with Crippen LogP contribution in [-0.4, -0.2) is 134 Å². The van der Waals surface area contributed by atoms with Crippen molar-refractivity contribution in [3.63, 3.8) is 0 Å². The maximum atomic E-state index is 17.2. The number of hydrogen-bond donors (Lipinski definition) is 2. The van der Waals surface area contributed by atoms with Crippen molar-refractivity contribution in [1.29, 1.82) is 0 Å². The number of carbonyl (C=O) groups is 2. The largest absolute Gasteiger partial charge is 0.508 e. The van der Waals surface area contributed by atoms with E-state index in [-0.39, 0.29) is 52.2 Å². The van der Waals surface area contributed by atoms with E-state index in [0.717, 1.165) is 121 Å². The molecule has 3 aromatic heterocycles. The number of phenolic OH excluding ortho intramolecular Hbond substituents is 1. The normalized spacial score (nSPS) is 24.2. The fraction of sp³-hybridized carbons (Fsp3) is 0.559. The van der Waals surface area contributed by atoms with Gasteiger partial charge in [0.1, 0.15) is 34.6 Å². The lowest BCUT2D eigenvalue weighted by Gasteiger charge is -2.43. The summed E-state index contributed by atoms with van der Waals surface area (Å²) in [5, 5.41) is 14.8. The predicted molar refractivity (Wildman–Crippen MR) is 290 cm³/mol. The maximum absolute atomic E-state index is 17.2. The Kier molecular flexibility index (Phi) is 13.8. The van der Waals surface area contributed by atoms with Crippen molar-refractivity contribution in [3.05, 3.63) is 81.9 Å². The summed E-state index contributed by atoms with van der Waals surface area (Å²) < 4.78 is 42.1. The molecule has 2 atom stereocenters. The number of carbonyl (C=O) groups excluding carboxylic acids is 2. The molecule has 4 aliphatic heterocycles. The maximum Gasteiger partial charge on any atom is 0.329 e. The molecule has 17 heteroatoms. The Hall–Kier alpha value is -6.04. The summed E-state index contributed by atoms with van der Waals surface area (Å²) >= 11 is 0. The zero-order chi connectivity index (χ0) is 52.4. The fourth-order valence-corrected chi connectivity index (χ4v) is 13.8. The first kappa shape index (κ1) is 50.8. The van der Waals surface area contributed by atoms with E-state index in [2.05, 4.69) is 49.0 Å². The van der Waals surface area contributed by atoms with E-state index in [0.29, 0.717) is 70.4 Å². The van der Waals surface area contributed by atoms with Crippen molar-refractivity contribution in [2.75, 3.05) is 77.0 Å². The SMILES string of the molecule is CCc1c(F)ccc2cc(O)cc(-c3ncc4c(N5CCC[C@H](C)C5)nc(OCC5(CN6CCN(C7CCC(CN8CCC(c9ccc%10c(c9)n(C)c(=O)n%10C9CCC(=O)NC9=O)CC8)CC7)CC6)CC5)nc4c3F)c12. The second-order valence-electron chi connectivity index (χ2n) is 23.5. The lowest BCUT2D eigenvalue weighted by molar-refractivity contribution is -0.135. The lowest BCUT2D eigenvalue weighted by atomic mass is 9.83. The lowest BCUT2D eigenvalue weighted by Crippen LogP contribution is -2.52. The number of benzene rings is 3. The molecule has 0 spiro atoms. The summed E-state index contributed by atoms with van der Waals surface area (Å²) in [6, 6.07) is 12.4. The number of aromatic nitrogens is 5. The minimum atomic E-state index is -0.677. The molecular weight excluding hydrogens is 967 g/mol. The number of amides is 2. The van der Waals surface area contributed by atoms with Gasteiger partial charge >= 0.3 is 11.7 Å². The molecule has 6 aromatic rings. The molecule has 15 nitrogen and oxygen atoms in total. The van der Waals surface area contributed by atoms with Gasteiger partial charge in [-0.3, -0.25) is 33.9 Å². The molecule has 7 heterocycles. The van der Waals surface area contributed by atoms with E-state index in [1.807, 2.05) is 13.0 Å². The third-order valence-corrected chi connectivity index (χ3v) is 18.3. The number of hydrogen-bond acceptors (Lipinski definition) is 12. The molecule has 2 N–H and O–H groups in total. The van der Waals surface area contributed by atoms with Crippen molar-refractivity contribution in [3.8, 4) is 23.0 Å². The van der Waals surface area contributed by atoms with Gasteiger partial charge in [-0.05, 0) is 160 Å². The molecular formula is C59H72F2N10O5. The van der Waals surface area contributed by atoms with Crippen molar-refractivity contribution < 1.29 is 28.2 Å². The number of imide groups is 1. The van der Waals surface area contributed by atoms with Gasteiger partial charge in [0.05, 0.1) is 23.0 Å². The highest BCUT2D eigenvalue weighted by atomic mass is 19.1. The van der Waals surface area contributed by atoms with Crippen LogP contribution in [0.1, 0.15) is 114 Å². The molecule has 2 aliphatic carbocycles. The number of pyridine rings is 1. The van der Waals surface area contributed by atoms with Gasteiger partial charge in [0.25, 0.3) is 0 Å². The van der Waals surface area contributed by atoms with Gasteiger partial charge in [0, 0.05) is 89.0 Å². The summed E-state index contributed by atoms with van der Waals surface area (Å²) in [5.41, 5.74) is 3.45. The number of anilines is 1. The summed E-state index contributed by atoms with van der Waals surface area (Å²) in [5.74, 6) is 0.429. The van der Waals surface area contributed by atoms with Gasteiger partial charge in [0.15, 0.2) is 5.82 Å². The van der Waals surface area contributed by atoms with E-state index in [1.54, 1.807) is 34.5 Å². The molecule has 0 bridgehead atoms. The van der Waals surface area contributed by atoms with Gasteiger partial charge in [0.2, 0.25) is 11.8 Å². The zero-order valence-corrected chi connectivity index (χ0v) is 44.3. The topological polar surface area (TPSA) is 154 Å². The average Bonchev–Trinajstić information content (AvgIpc) is 4.21. The number of piperazine rings is 1. The second-order valence-corrected chi connectivity index (χ2v) is 23.5. The van der Waals surface area contributed by atoms with Crippen molar-refractivity contribution >= 4 is 50.3 Å². The van der Waals surface area contributed by atoms with Gasteiger partial charge in [-0.25, -0.2) is 13.6 Å². The highest BCUT2D eigenvalue weighted by Gasteiger charge is 2.46. The summed E-state index contributed by atoms with van der Waals surface area (Å²) in [6.07, 6.45) is 14.0. The molecule has 76 heavy (non-hydrogen) atoms. The Morgan fingerprint density at radius 3 is 2.38 bits per heavy atom. The number of aryl methyl sites for hydroxylation is 2. The number of rotatable bonds is 13. The summed E-state index contributed by atoms with van der Waals surface area (Å²) in [4.78, 5) is 62.4. The van der Waals surface area contributed by atoms with Gasteiger partial charge in [-0.1, -0.05) is 26.0 Å². The highest BCUT2D eigenvalue weighted by Crippen LogP contribution is 2.47. The zero-order valence-electron chi connectivity index (χ0n) is 44.3. The first-order chi connectivity index (χ1) is 36.8. The predicted octanol–water partition coefficient (Wildman–Crippen LogP) is 8.47. The third kappa shape index (κ3) is 9.84. The molecule has 3 aromatic carbocycles. The number of halogens is 2.